The highest BCUT2D eigenvalue weighted by molar-refractivity contribution is 7.91. The van der Waals surface area contributed by atoms with Crippen LogP contribution >= 0.6 is 0 Å². The molecule has 0 spiro atoms. The van der Waals surface area contributed by atoms with Crippen molar-refractivity contribution >= 4 is 15.7 Å². The van der Waals surface area contributed by atoms with E-state index in [0.29, 0.717) is 25.6 Å². The third-order valence-corrected chi connectivity index (χ3v) is 5.94. The first-order valence-corrected chi connectivity index (χ1v) is 10.6. The number of likely N-dealkylation sites (tertiary alicyclic amines) is 1. The van der Waals surface area contributed by atoms with E-state index < -0.39 is 15.6 Å². The highest BCUT2D eigenvalue weighted by atomic mass is 32.2. The van der Waals surface area contributed by atoms with Crippen molar-refractivity contribution in [2.24, 2.45) is 11.3 Å². The largest absolute Gasteiger partial charge is 0.380 e. The topological polar surface area (TPSA) is 72.9 Å². The number of sulfone groups is 1. The summed E-state index contributed by atoms with van der Waals surface area (Å²) in [6, 6.07) is 0. The first-order valence-electron chi connectivity index (χ1n) is 8.53. The number of ether oxygens (including phenoxy) is 2. The Labute approximate surface area is 138 Å². The summed E-state index contributed by atoms with van der Waals surface area (Å²) in [5.74, 6) is 0.0105. The summed E-state index contributed by atoms with van der Waals surface area (Å²) in [6.45, 7) is 3.30. The second-order valence-corrected chi connectivity index (χ2v) is 9.60. The van der Waals surface area contributed by atoms with Crippen LogP contribution in [-0.4, -0.2) is 70.2 Å². The predicted octanol–water partition coefficient (Wildman–Crippen LogP) is 0.855. The first kappa shape index (κ1) is 17.2. The molecular formula is C16H27NO5S. The predicted molar refractivity (Wildman–Crippen MR) is 85.9 cm³/mol. The van der Waals surface area contributed by atoms with Gasteiger partial charge in [-0.15, -0.1) is 0 Å². The number of carbonyl (C=O) groups is 1. The van der Waals surface area contributed by atoms with Crippen molar-refractivity contribution in [3.63, 3.8) is 0 Å². The van der Waals surface area contributed by atoms with Crippen LogP contribution in [0.4, 0.5) is 0 Å². The molecule has 0 N–H and O–H groups in total. The molecule has 6 nitrogen and oxygen atoms in total. The Bertz CT molecular complexity index is 545. The first-order chi connectivity index (χ1) is 10.9. The van der Waals surface area contributed by atoms with E-state index >= 15 is 0 Å². The molecule has 7 heteroatoms. The van der Waals surface area contributed by atoms with E-state index in [1.807, 2.05) is 0 Å². The smallest absolute Gasteiger partial charge is 0.237 e. The van der Waals surface area contributed by atoms with Crippen LogP contribution in [-0.2, 0) is 24.1 Å². The van der Waals surface area contributed by atoms with Gasteiger partial charge in [-0.1, -0.05) is 0 Å². The molecule has 3 aliphatic rings. The molecule has 0 radical (unpaired) electrons. The van der Waals surface area contributed by atoms with Gasteiger partial charge in [-0.2, -0.15) is 0 Å². The van der Waals surface area contributed by atoms with Gasteiger partial charge in [0.15, 0.2) is 9.84 Å². The van der Waals surface area contributed by atoms with Crippen LogP contribution in [0.5, 0.6) is 0 Å². The van der Waals surface area contributed by atoms with Gasteiger partial charge in [0.2, 0.25) is 5.91 Å². The number of carbonyl (C=O) groups excluding carboxylic acids is 1. The fourth-order valence-corrected chi connectivity index (χ4v) is 4.37. The fraction of sp³-hybridized carbons (Fsp3) is 0.938. The Morgan fingerprint density at radius 2 is 2.13 bits per heavy atom. The summed E-state index contributed by atoms with van der Waals surface area (Å²) < 4.78 is 34.7. The van der Waals surface area contributed by atoms with Crippen LogP contribution in [0.1, 0.15) is 32.1 Å². The second-order valence-electron chi connectivity index (χ2n) is 7.46. The maximum absolute atomic E-state index is 12.3. The average molecular weight is 345 g/mol. The minimum Gasteiger partial charge on any atom is -0.380 e. The molecule has 0 aromatic carbocycles. The second kappa shape index (κ2) is 6.69. The van der Waals surface area contributed by atoms with E-state index in [-0.39, 0.29) is 17.4 Å². The number of amides is 1. The van der Waals surface area contributed by atoms with Crippen molar-refractivity contribution in [1.82, 2.24) is 4.90 Å². The van der Waals surface area contributed by atoms with Crippen LogP contribution in [0.2, 0.25) is 0 Å². The van der Waals surface area contributed by atoms with Crippen molar-refractivity contribution < 1.29 is 22.7 Å². The molecule has 0 aromatic heterocycles. The normalized spacial score (nSPS) is 31.7. The Balaban J connectivity index is 1.65. The summed E-state index contributed by atoms with van der Waals surface area (Å²) in [5.41, 5.74) is -0.168. The Kier molecular flexibility index (Phi) is 4.99. The lowest BCUT2D eigenvalue weighted by molar-refractivity contribution is -0.163. The minimum absolute atomic E-state index is 0.123. The Hall–Kier alpha value is -0.660. The number of nitrogens with zero attached hydrogens (tertiary/aromatic N) is 1. The van der Waals surface area contributed by atoms with E-state index in [1.165, 1.54) is 12.8 Å². The van der Waals surface area contributed by atoms with Crippen LogP contribution in [0.15, 0.2) is 0 Å². The van der Waals surface area contributed by atoms with Gasteiger partial charge in [-0.05, 0) is 38.0 Å². The Morgan fingerprint density at radius 1 is 1.35 bits per heavy atom. The quantitative estimate of drug-likeness (QED) is 0.714. The molecule has 2 heterocycles. The average Bonchev–Trinajstić information content (AvgIpc) is 3.29. The summed E-state index contributed by atoms with van der Waals surface area (Å²) >= 11 is 0. The van der Waals surface area contributed by atoms with Crippen molar-refractivity contribution in [2.45, 2.75) is 38.2 Å². The molecule has 1 saturated carbocycles. The lowest BCUT2D eigenvalue weighted by Gasteiger charge is -2.50. The maximum Gasteiger partial charge on any atom is 0.237 e. The molecule has 2 aliphatic heterocycles. The molecule has 3 fully saturated rings. The van der Waals surface area contributed by atoms with Gasteiger partial charge in [-0.3, -0.25) is 4.79 Å². The van der Waals surface area contributed by atoms with Gasteiger partial charge >= 0.3 is 0 Å². The van der Waals surface area contributed by atoms with Crippen LogP contribution in [0, 0.1) is 11.3 Å². The lowest BCUT2D eigenvalue weighted by Crippen LogP contribution is -2.58. The van der Waals surface area contributed by atoms with Crippen molar-refractivity contribution in [2.75, 3.05) is 44.9 Å². The molecule has 1 aliphatic carbocycles. The summed E-state index contributed by atoms with van der Waals surface area (Å²) in [6.07, 6.45) is 6.45. The van der Waals surface area contributed by atoms with Crippen molar-refractivity contribution in [1.29, 1.82) is 0 Å². The molecule has 132 valence electrons. The van der Waals surface area contributed by atoms with Gasteiger partial charge in [-0.25, -0.2) is 8.42 Å². The summed E-state index contributed by atoms with van der Waals surface area (Å²) in [4.78, 5) is 14.0. The monoisotopic (exact) mass is 345 g/mol. The van der Waals surface area contributed by atoms with E-state index in [0.717, 1.165) is 38.7 Å². The van der Waals surface area contributed by atoms with Crippen molar-refractivity contribution in [3.8, 4) is 0 Å². The number of hydrogen-bond donors (Lipinski definition) is 0. The van der Waals surface area contributed by atoms with Gasteiger partial charge in [0.25, 0.3) is 0 Å². The number of piperidine rings is 1. The fourth-order valence-electron chi connectivity index (χ4n) is 3.74. The van der Waals surface area contributed by atoms with Crippen LogP contribution < -0.4 is 0 Å². The van der Waals surface area contributed by atoms with Gasteiger partial charge in [0.1, 0.15) is 5.75 Å². The Morgan fingerprint density at radius 3 is 2.83 bits per heavy atom. The molecular weight excluding hydrogens is 318 g/mol. The molecule has 0 aromatic rings. The number of fused-ring (bicyclic) bond motifs is 1. The van der Waals surface area contributed by atoms with Gasteiger partial charge < -0.3 is 14.4 Å². The highest BCUT2D eigenvalue weighted by Crippen LogP contribution is 2.41. The zero-order chi connectivity index (χ0) is 16.5. The molecule has 3 rings (SSSR count). The van der Waals surface area contributed by atoms with E-state index in [2.05, 4.69) is 0 Å². The highest BCUT2D eigenvalue weighted by Gasteiger charge is 2.47. The lowest BCUT2D eigenvalue weighted by atomic mass is 9.73. The number of hydrogen-bond acceptors (Lipinski definition) is 5. The maximum atomic E-state index is 12.3. The summed E-state index contributed by atoms with van der Waals surface area (Å²) in [7, 11) is -3.30. The molecule has 2 unspecified atom stereocenters. The summed E-state index contributed by atoms with van der Waals surface area (Å²) in [5, 5.41) is 0. The van der Waals surface area contributed by atoms with Gasteiger partial charge in [0.05, 0.1) is 12.7 Å². The standard InChI is InChI=1S/C16H27NO5S/c1-23(19,20)10-15(18)17-7-5-14-16(11-17,6-2-8-22-14)12-21-9-13-3-4-13/h13-14H,2-12H2,1H3. The number of rotatable bonds is 6. The SMILES string of the molecule is CS(=O)(=O)CC(=O)N1CCC2OCCCC2(COCC2CC2)C1. The van der Waals surface area contributed by atoms with Crippen LogP contribution in [0.3, 0.4) is 0 Å². The van der Waals surface area contributed by atoms with E-state index in [1.54, 1.807) is 4.90 Å². The molecule has 1 amide bonds. The molecule has 2 saturated heterocycles. The van der Waals surface area contributed by atoms with Gasteiger partial charge in [0, 0.05) is 38.0 Å². The van der Waals surface area contributed by atoms with Crippen molar-refractivity contribution in [3.05, 3.63) is 0 Å². The zero-order valence-corrected chi connectivity index (χ0v) is 14.6. The molecule has 0 bridgehead atoms. The minimum atomic E-state index is -3.30. The van der Waals surface area contributed by atoms with Crippen LogP contribution in [0.25, 0.3) is 0 Å². The molecule has 23 heavy (non-hydrogen) atoms. The zero-order valence-electron chi connectivity index (χ0n) is 13.8. The third kappa shape index (κ3) is 4.45. The van der Waals surface area contributed by atoms with E-state index in [4.69, 9.17) is 9.47 Å². The third-order valence-electron chi connectivity index (χ3n) is 5.17. The van der Waals surface area contributed by atoms with E-state index in [9.17, 15) is 13.2 Å². The molecule has 2 atom stereocenters.